The zero-order valence-corrected chi connectivity index (χ0v) is 16.1. The Morgan fingerprint density at radius 3 is 2.86 bits per heavy atom. The highest BCUT2D eigenvalue weighted by atomic mass is 16.3. The van der Waals surface area contributed by atoms with Crippen molar-refractivity contribution in [3.63, 3.8) is 0 Å². The Morgan fingerprint density at radius 1 is 1.24 bits per heavy atom. The van der Waals surface area contributed by atoms with Crippen molar-refractivity contribution in [2.24, 2.45) is 5.10 Å². The van der Waals surface area contributed by atoms with Crippen LogP contribution in [0.1, 0.15) is 52.2 Å². The lowest BCUT2D eigenvalue weighted by atomic mass is 9.91. The molecule has 2 aromatic carbocycles. The van der Waals surface area contributed by atoms with Gasteiger partial charge in [-0.05, 0) is 43.2 Å². The standard InChI is InChI=1S/C22H20N6O/c1-11-7-12(2)20-19(14(10-24-20)15-5-6-25-28-15)18(11)21(29)22-26-16-4-3-13(9-23)8-17(16)27-22/h3-4,6-8,10,15,21,24,28-29H,5H2,1-2H3,(H,26,27). The number of nitriles is 1. The largest absolute Gasteiger partial charge is 0.380 e. The Kier molecular flexibility index (Phi) is 3.89. The van der Waals surface area contributed by atoms with Crippen LogP contribution < -0.4 is 5.43 Å². The second-order valence-electron chi connectivity index (χ2n) is 7.52. The van der Waals surface area contributed by atoms with Gasteiger partial charge in [-0.1, -0.05) is 6.07 Å². The summed E-state index contributed by atoms with van der Waals surface area (Å²) in [6.45, 7) is 4.08. The van der Waals surface area contributed by atoms with E-state index >= 15 is 0 Å². The lowest BCUT2D eigenvalue weighted by molar-refractivity contribution is 0.212. The SMILES string of the molecule is Cc1cc(C)c2[nH]cc(C3CC=NN3)c2c1C(O)c1nc2ccc(C#N)cc2[nH]1. The number of nitrogens with zero attached hydrogens (tertiary/aromatic N) is 3. The van der Waals surface area contributed by atoms with E-state index in [1.807, 2.05) is 19.3 Å². The molecule has 0 amide bonds. The highest BCUT2D eigenvalue weighted by molar-refractivity contribution is 5.92. The number of hydrazone groups is 1. The van der Waals surface area contributed by atoms with Crippen LogP contribution in [0.5, 0.6) is 0 Å². The molecule has 4 N–H and O–H groups in total. The molecule has 0 spiro atoms. The van der Waals surface area contributed by atoms with Crippen LogP contribution in [0.25, 0.3) is 21.9 Å². The van der Waals surface area contributed by atoms with Crippen molar-refractivity contribution in [2.45, 2.75) is 32.4 Å². The van der Waals surface area contributed by atoms with Crippen molar-refractivity contribution in [3.05, 3.63) is 64.1 Å². The molecule has 1 aliphatic heterocycles. The van der Waals surface area contributed by atoms with E-state index in [2.05, 4.69) is 44.5 Å². The summed E-state index contributed by atoms with van der Waals surface area (Å²) in [5, 5.41) is 25.6. The topological polar surface area (TPSA) is 113 Å². The molecule has 0 fully saturated rings. The van der Waals surface area contributed by atoms with E-state index in [0.717, 1.165) is 50.6 Å². The van der Waals surface area contributed by atoms with Gasteiger partial charge in [0.15, 0.2) is 0 Å². The van der Waals surface area contributed by atoms with Gasteiger partial charge >= 0.3 is 0 Å². The first-order valence-corrected chi connectivity index (χ1v) is 9.52. The third kappa shape index (κ3) is 2.69. The minimum absolute atomic E-state index is 0.0739. The number of nitrogens with one attached hydrogen (secondary N) is 3. The number of hydrogen-bond acceptors (Lipinski definition) is 5. The first-order chi connectivity index (χ1) is 14.1. The van der Waals surface area contributed by atoms with E-state index in [4.69, 9.17) is 5.26 Å². The number of aromatic amines is 2. The number of hydrogen-bond donors (Lipinski definition) is 4. The lowest BCUT2D eigenvalue weighted by Crippen LogP contribution is -2.11. The van der Waals surface area contributed by atoms with Crippen LogP contribution >= 0.6 is 0 Å². The minimum atomic E-state index is -0.923. The van der Waals surface area contributed by atoms with Gasteiger partial charge in [0.2, 0.25) is 0 Å². The van der Waals surface area contributed by atoms with E-state index in [-0.39, 0.29) is 6.04 Å². The number of imidazole rings is 1. The van der Waals surface area contributed by atoms with Crippen molar-refractivity contribution in [2.75, 3.05) is 0 Å². The fraction of sp³-hybridized carbons (Fsp3) is 0.227. The monoisotopic (exact) mass is 384 g/mol. The molecule has 0 bridgehead atoms. The molecule has 5 rings (SSSR count). The van der Waals surface area contributed by atoms with Gasteiger partial charge in [-0.25, -0.2) is 4.98 Å². The maximum atomic E-state index is 11.4. The number of aliphatic hydroxyl groups excluding tert-OH is 1. The molecule has 0 radical (unpaired) electrons. The Bertz CT molecular complexity index is 1310. The van der Waals surface area contributed by atoms with E-state index < -0.39 is 6.10 Å². The molecule has 0 saturated heterocycles. The number of H-pyrrole nitrogens is 2. The van der Waals surface area contributed by atoms with Gasteiger partial charge in [0, 0.05) is 40.9 Å². The lowest BCUT2D eigenvalue weighted by Gasteiger charge is -2.18. The highest BCUT2D eigenvalue weighted by Crippen LogP contribution is 2.38. The van der Waals surface area contributed by atoms with Gasteiger partial charge in [-0.15, -0.1) is 0 Å². The maximum absolute atomic E-state index is 11.4. The normalized spacial score (nSPS) is 17.0. The molecular formula is C22H20N6O. The van der Waals surface area contributed by atoms with Gasteiger partial charge in [-0.2, -0.15) is 10.4 Å². The van der Waals surface area contributed by atoms with Gasteiger partial charge in [0.1, 0.15) is 11.9 Å². The average molecular weight is 384 g/mol. The molecular weight excluding hydrogens is 364 g/mol. The number of aryl methyl sites for hydroxylation is 2. The van der Waals surface area contributed by atoms with Gasteiger partial charge in [-0.3, -0.25) is 0 Å². The second-order valence-corrected chi connectivity index (χ2v) is 7.52. The van der Waals surface area contributed by atoms with Crippen molar-refractivity contribution < 1.29 is 5.11 Å². The summed E-state index contributed by atoms with van der Waals surface area (Å²) in [4.78, 5) is 11.2. The second kappa shape index (κ2) is 6.47. The Balaban J connectivity index is 1.69. The molecule has 7 heteroatoms. The zero-order chi connectivity index (χ0) is 20.1. The predicted octanol–water partition coefficient (Wildman–Crippen LogP) is 3.63. The zero-order valence-electron chi connectivity index (χ0n) is 16.1. The molecule has 2 aromatic heterocycles. The van der Waals surface area contributed by atoms with E-state index in [9.17, 15) is 5.11 Å². The summed E-state index contributed by atoms with van der Waals surface area (Å²) in [5.74, 6) is 0.464. The van der Waals surface area contributed by atoms with Crippen molar-refractivity contribution >= 4 is 28.2 Å². The van der Waals surface area contributed by atoms with Crippen LogP contribution in [0.2, 0.25) is 0 Å². The Labute approximate surface area is 167 Å². The number of rotatable bonds is 3. The molecule has 7 nitrogen and oxygen atoms in total. The molecule has 0 saturated carbocycles. The van der Waals surface area contributed by atoms with Crippen molar-refractivity contribution in [1.29, 1.82) is 5.26 Å². The van der Waals surface area contributed by atoms with Gasteiger partial charge < -0.3 is 20.5 Å². The highest BCUT2D eigenvalue weighted by Gasteiger charge is 2.26. The quantitative estimate of drug-likeness (QED) is 0.432. The summed E-state index contributed by atoms with van der Waals surface area (Å²) < 4.78 is 0. The summed E-state index contributed by atoms with van der Waals surface area (Å²) in [6.07, 6.45) is 3.75. The number of aliphatic hydroxyl groups is 1. The van der Waals surface area contributed by atoms with Crippen molar-refractivity contribution in [1.82, 2.24) is 20.4 Å². The van der Waals surface area contributed by atoms with Gasteiger partial charge in [0.25, 0.3) is 0 Å². The third-order valence-electron chi connectivity index (χ3n) is 5.63. The van der Waals surface area contributed by atoms with E-state index in [1.54, 1.807) is 18.2 Å². The smallest absolute Gasteiger partial charge is 0.140 e. The van der Waals surface area contributed by atoms with Crippen LogP contribution in [-0.2, 0) is 0 Å². The fourth-order valence-electron chi connectivity index (χ4n) is 4.25. The molecule has 144 valence electrons. The summed E-state index contributed by atoms with van der Waals surface area (Å²) in [7, 11) is 0. The summed E-state index contributed by atoms with van der Waals surface area (Å²) in [5.41, 5.74) is 10.2. The minimum Gasteiger partial charge on any atom is -0.380 e. The number of fused-ring (bicyclic) bond motifs is 2. The molecule has 29 heavy (non-hydrogen) atoms. The van der Waals surface area contributed by atoms with Crippen LogP contribution in [0.15, 0.2) is 35.6 Å². The number of benzene rings is 2. The van der Waals surface area contributed by atoms with Crippen LogP contribution in [0.4, 0.5) is 0 Å². The Morgan fingerprint density at radius 2 is 2.10 bits per heavy atom. The molecule has 0 aliphatic carbocycles. The fourth-order valence-corrected chi connectivity index (χ4v) is 4.25. The van der Waals surface area contributed by atoms with Crippen LogP contribution in [0.3, 0.4) is 0 Å². The Hall–Kier alpha value is -3.63. The molecule has 2 unspecified atom stereocenters. The molecule has 4 aromatic rings. The predicted molar refractivity (Wildman–Crippen MR) is 112 cm³/mol. The number of aromatic nitrogens is 3. The van der Waals surface area contributed by atoms with Gasteiger partial charge in [0.05, 0.1) is 28.7 Å². The van der Waals surface area contributed by atoms with Crippen LogP contribution in [-0.4, -0.2) is 26.3 Å². The first-order valence-electron chi connectivity index (χ1n) is 9.52. The molecule has 2 atom stereocenters. The summed E-state index contributed by atoms with van der Waals surface area (Å²) in [6, 6.07) is 9.55. The third-order valence-corrected chi connectivity index (χ3v) is 5.63. The van der Waals surface area contributed by atoms with Crippen LogP contribution in [0, 0.1) is 25.2 Å². The molecule has 1 aliphatic rings. The van der Waals surface area contributed by atoms with E-state index in [0.29, 0.717) is 11.4 Å². The maximum Gasteiger partial charge on any atom is 0.140 e. The summed E-state index contributed by atoms with van der Waals surface area (Å²) >= 11 is 0. The average Bonchev–Trinajstić information content (AvgIpc) is 3.45. The van der Waals surface area contributed by atoms with E-state index in [1.165, 1.54) is 0 Å². The van der Waals surface area contributed by atoms with Crippen molar-refractivity contribution in [3.8, 4) is 6.07 Å². The molecule has 3 heterocycles. The first kappa shape index (κ1) is 17.5.